The van der Waals surface area contributed by atoms with Crippen LogP contribution in [0.4, 0.5) is 60.5 Å². The summed E-state index contributed by atoms with van der Waals surface area (Å²) in [4.78, 5) is 3.36. The number of anilines is 6. The topological polar surface area (TPSA) is 24.9 Å². The highest BCUT2D eigenvalue weighted by molar-refractivity contribution is 5.92. The number of para-hydroxylation sites is 2. The maximum absolute atomic E-state index is 17.4. The SMILES string of the molecule is C=Cc1ccc(Oc2ccc(C3(c4ccc(F)cc4)c4ccccc4-c4ccc(N(c5ccc6c(c5)C5(CC6(C)C)CC(C)(C)c6ccc(N(c7ccc8c(c7)C(c7ccc(F)cc7)(c7ccc(Oc9ccc(C=C)cc9)cc7)c7ccccc7-8)c7c(F)cccc7F)cc65)c5c(F)cccc5F)cc43)cc2)cc1. The first kappa shape index (κ1) is 68.2. The number of halogens is 6. The van der Waals surface area contributed by atoms with Crippen LogP contribution in [-0.4, -0.2) is 0 Å². The number of fused-ring (bicyclic) bond motifs is 10. The van der Waals surface area contributed by atoms with Crippen molar-refractivity contribution in [2.45, 2.75) is 67.6 Å². The number of benzene rings is 14. The molecule has 2 atom stereocenters. The van der Waals surface area contributed by atoms with Crippen LogP contribution < -0.4 is 19.3 Å². The standard InChI is InChI=1S/C99H72F6N2O2/c1-7-61-23-43-73(44-24-61)108-75-47-31-65(32-48-75)98(63-27-35-67(100)36-28-63)81-17-11-9-15-77(81)79-51-39-69(55-85(79)98)106(93-89(102)19-13-20-90(93)103)71-41-53-83-87(57-71)97(59-95(83,3)4)60-96(5,6)84-54-42-72(58-88(84)97)107(94-91(104)21-14-22-92(94)105)70-40-52-80-78-16-10-12-18-82(78)99(86(80)56-70,64-29-37-68(101)38-30-64)66-33-49-76(50-34-66)109-74-45-25-62(8-2)26-46-74/h7-58H,1-2,59-60H2,3-6H3. The second-order valence-corrected chi connectivity index (χ2v) is 30.3. The van der Waals surface area contributed by atoms with Gasteiger partial charge in [0.2, 0.25) is 0 Å². The summed E-state index contributed by atoms with van der Waals surface area (Å²) in [6.45, 7) is 16.7. The van der Waals surface area contributed by atoms with Crippen LogP contribution in [-0.2, 0) is 27.1 Å². The first-order valence-electron chi connectivity index (χ1n) is 36.6. The molecule has 0 N–H and O–H groups in total. The number of ether oxygens (including phenoxy) is 2. The van der Waals surface area contributed by atoms with Crippen molar-refractivity contribution in [3.8, 4) is 45.3 Å². The van der Waals surface area contributed by atoms with E-state index in [4.69, 9.17) is 9.47 Å². The summed E-state index contributed by atoms with van der Waals surface area (Å²) in [5, 5.41) is 0. The smallest absolute Gasteiger partial charge is 0.150 e. The molecule has 4 aliphatic carbocycles. The van der Waals surface area contributed by atoms with E-state index >= 15 is 26.3 Å². The van der Waals surface area contributed by atoms with Crippen molar-refractivity contribution in [1.29, 1.82) is 0 Å². The largest absolute Gasteiger partial charge is 0.457 e. The molecular formula is C99H72F6N2O2. The molecule has 1 spiro atoms. The average molecular weight is 1440 g/mol. The normalized spacial score (nSPS) is 17.7. The molecule has 0 bridgehead atoms. The van der Waals surface area contributed by atoms with Gasteiger partial charge >= 0.3 is 0 Å². The highest BCUT2D eigenvalue weighted by Crippen LogP contribution is 2.66. The third-order valence-electron chi connectivity index (χ3n) is 23.2. The van der Waals surface area contributed by atoms with Crippen LogP contribution in [0, 0.1) is 34.9 Å². The van der Waals surface area contributed by atoms with Crippen LogP contribution in [0.15, 0.2) is 316 Å². The van der Waals surface area contributed by atoms with Gasteiger partial charge in [-0.05, 0) is 269 Å². The molecule has 0 amide bonds. The van der Waals surface area contributed by atoms with E-state index in [0.29, 0.717) is 58.6 Å². The Morgan fingerprint density at radius 3 is 0.927 bits per heavy atom. The third-order valence-corrected chi connectivity index (χ3v) is 23.2. The summed E-state index contributed by atoms with van der Waals surface area (Å²) in [6.07, 6.45) is 4.78. The maximum Gasteiger partial charge on any atom is 0.150 e. The second-order valence-electron chi connectivity index (χ2n) is 30.3. The van der Waals surface area contributed by atoms with Crippen LogP contribution in [0.3, 0.4) is 0 Å². The zero-order chi connectivity index (χ0) is 74.9. The first-order valence-corrected chi connectivity index (χ1v) is 36.6. The van der Waals surface area contributed by atoms with Gasteiger partial charge in [-0.3, -0.25) is 0 Å². The van der Waals surface area contributed by atoms with Gasteiger partial charge in [-0.2, -0.15) is 0 Å². The van der Waals surface area contributed by atoms with Gasteiger partial charge in [-0.15, -0.1) is 0 Å². The molecule has 10 heteroatoms. The summed E-state index contributed by atoms with van der Waals surface area (Å²) in [7, 11) is 0. The summed E-state index contributed by atoms with van der Waals surface area (Å²) in [5.74, 6) is -1.45. The van der Waals surface area contributed by atoms with E-state index < -0.39 is 62.0 Å². The minimum absolute atomic E-state index is 0.283. The van der Waals surface area contributed by atoms with Crippen LogP contribution in [0.25, 0.3) is 34.4 Å². The van der Waals surface area contributed by atoms with Crippen LogP contribution in [0.1, 0.15) is 118 Å². The molecule has 4 nitrogen and oxygen atoms in total. The van der Waals surface area contributed by atoms with Crippen LogP contribution in [0.5, 0.6) is 23.0 Å². The van der Waals surface area contributed by atoms with Gasteiger partial charge in [-0.25, -0.2) is 26.3 Å². The minimum atomic E-state index is -1.10. The van der Waals surface area contributed by atoms with Crippen molar-refractivity contribution in [3.63, 3.8) is 0 Å². The Bertz CT molecular complexity index is 5580. The van der Waals surface area contributed by atoms with Crippen molar-refractivity contribution in [2.75, 3.05) is 9.80 Å². The predicted octanol–water partition coefficient (Wildman–Crippen LogP) is 26.7. The molecule has 0 fully saturated rings. The van der Waals surface area contributed by atoms with Crippen molar-refractivity contribution < 1.29 is 35.8 Å². The minimum Gasteiger partial charge on any atom is -0.457 e. The van der Waals surface area contributed by atoms with E-state index in [2.05, 4.69) is 89.4 Å². The highest BCUT2D eigenvalue weighted by atomic mass is 19.2. The number of hydrogen-bond donors (Lipinski definition) is 0. The van der Waals surface area contributed by atoms with Crippen LogP contribution >= 0.6 is 0 Å². The summed E-state index contributed by atoms with van der Waals surface area (Å²) < 4.78 is 113. The van der Waals surface area contributed by atoms with E-state index in [0.717, 1.165) is 100 Å². The zero-order valence-electron chi connectivity index (χ0n) is 60.3. The first-order chi connectivity index (χ1) is 52.8. The Hall–Kier alpha value is -12.7. The lowest BCUT2D eigenvalue weighted by Crippen LogP contribution is -2.29. The fourth-order valence-electron chi connectivity index (χ4n) is 18.8. The van der Waals surface area contributed by atoms with Gasteiger partial charge in [0, 0.05) is 28.2 Å². The molecule has 14 aromatic carbocycles. The molecule has 532 valence electrons. The van der Waals surface area contributed by atoms with Gasteiger partial charge in [-0.1, -0.05) is 211 Å². The molecule has 109 heavy (non-hydrogen) atoms. The van der Waals surface area contributed by atoms with Crippen LogP contribution in [0.2, 0.25) is 0 Å². The van der Waals surface area contributed by atoms with E-state index in [1.807, 2.05) is 194 Å². The zero-order valence-corrected chi connectivity index (χ0v) is 60.3. The monoisotopic (exact) mass is 1430 g/mol. The lowest BCUT2D eigenvalue weighted by atomic mass is 9.67. The Morgan fingerprint density at radius 2 is 0.587 bits per heavy atom. The fourth-order valence-corrected chi connectivity index (χ4v) is 18.8. The molecule has 0 saturated heterocycles. The molecule has 0 saturated carbocycles. The molecule has 2 unspecified atom stereocenters. The van der Waals surface area contributed by atoms with Crippen molar-refractivity contribution in [1.82, 2.24) is 0 Å². The van der Waals surface area contributed by atoms with Gasteiger partial charge in [0.1, 0.15) is 69.3 Å². The molecule has 0 aliphatic heterocycles. The van der Waals surface area contributed by atoms with Gasteiger partial charge in [0.15, 0.2) is 0 Å². The highest BCUT2D eigenvalue weighted by Gasteiger charge is 2.57. The number of rotatable bonds is 16. The van der Waals surface area contributed by atoms with Gasteiger partial charge in [0.25, 0.3) is 0 Å². The van der Waals surface area contributed by atoms with E-state index in [1.165, 1.54) is 60.7 Å². The molecule has 4 aliphatic rings. The molecule has 14 aromatic rings. The Balaban J connectivity index is 0.800. The maximum atomic E-state index is 17.4. The molecule has 0 radical (unpaired) electrons. The van der Waals surface area contributed by atoms with Gasteiger partial charge in [0.05, 0.1) is 10.8 Å². The fraction of sp³-hybridized carbons (Fsp3) is 0.111. The summed E-state index contributed by atoms with van der Waals surface area (Å²) >= 11 is 0. The van der Waals surface area contributed by atoms with Crippen molar-refractivity contribution in [2.24, 2.45) is 0 Å². The summed E-state index contributed by atoms with van der Waals surface area (Å²) in [5.41, 5.74) is 13.7. The lowest BCUT2D eigenvalue weighted by molar-refractivity contribution is 0.349. The average Bonchev–Trinajstić information content (AvgIpc) is 1.55. The van der Waals surface area contributed by atoms with E-state index in [1.54, 1.807) is 22.0 Å². The molecule has 0 aromatic heterocycles. The molecule has 0 heterocycles. The van der Waals surface area contributed by atoms with Crippen molar-refractivity contribution >= 4 is 46.3 Å². The molecular weight excluding hydrogens is 1360 g/mol. The Labute approximate surface area is 630 Å². The lowest BCUT2D eigenvalue weighted by Gasteiger charge is -2.35. The number of nitrogens with zero attached hydrogens (tertiary/aromatic N) is 2. The summed E-state index contributed by atoms with van der Waals surface area (Å²) in [6, 6.07) is 92.6. The Kier molecular flexibility index (Phi) is 16.1. The molecule has 18 rings (SSSR count). The van der Waals surface area contributed by atoms with Gasteiger partial charge < -0.3 is 19.3 Å². The number of hydrogen-bond acceptors (Lipinski definition) is 4. The van der Waals surface area contributed by atoms with E-state index in [9.17, 15) is 0 Å². The predicted molar refractivity (Wildman–Crippen MR) is 426 cm³/mol. The van der Waals surface area contributed by atoms with Crippen molar-refractivity contribution in [3.05, 3.63) is 429 Å². The third kappa shape index (κ3) is 10.8. The second kappa shape index (κ2) is 25.8. The quantitative estimate of drug-likeness (QED) is 0.0900. The van der Waals surface area contributed by atoms with E-state index in [-0.39, 0.29) is 11.4 Å². The Morgan fingerprint density at radius 1 is 0.294 bits per heavy atom.